The summed E-state index contributed by atoms with van der Waals surface area (Å²) in [7, 11) is 0. The molecule has 2 fully saturated rings. The second kappa shape index (κ2) is 4.06. The molecule has 0 saturated carbocycles. The summed E-state index contributed by atoms with van der Waals surface area (Å²) in [5.41, 5.74) is 0.386. The molecule has 0 amide bonds. The quantitative estimate of drug-likeness (QED) is 0.703. The third kappa shape index (κ3) is 2.54. The van der Waals surface area contributed by atoms with Gasteiger partial charge < -0.3 is 4.90 Å². The van der Waals surface area contributed by atoms with Crippen LogP contribution in [0.4, 0.5) is 0 Å². The van der Waals surface area contributed by atoms with Gasteiger partial charge in [-0.1, -0.05) is 13.3 Å². The van der Waals surface area contributed by atoms with Crippen molar-refractivity contribution in [2.24, 2.45) is 11.8 Å². The molecular weight excluding hydrogens is 184 g/mol. The summed E-state index contributed by atoms with van der Waals surface area (Å²) < 4.78 is 0. The molecule has 2 aliphatic heterocycles. The Bertz CT molecular complexity index is 207. The molecule has 15 heavy (non-hydrogen) atoms. The summed E-state index contributed by atoms with van der Waals surface area (Å²) in [5, 5.41) is 0. The number of hydrogen-bond acceptors (Lipinski definition) is 2. The molecule has 0 N–H and O–H groups in total. The maximum absolute atomic E-state index is 2.64. The Labute approximate surface area is 94.6 Å². The maximum Gasteiger partial charge on any atom is 0.0125 e. The highest BCUT2D eigenvalue weighted by molar-refractivity contribution is 4.91. The number of hydrogen-bond donors (Lipinski definition) is 0. The van der Waals surface area contributed by atoms with E-state index in [0.717, 1.165) is 11.8 Å². The summed E-state index contributed by atoms with van der Waals surface area (Å²) in [5.74, 6) is 1.95. The fourth-order valence-corrected chi connectivity index (χ4v) is 2.68. The SMILES string of the molecule is CCC1CN(CC2CN(C(C)(C)C)C2)C1. The van der Waals surface area contributed by atoms with E-state index < -0.39 is 0 Å². The van der Waals surface area contributed by atoms with E-state index in [2.05, 4.69) is 37.5 Å². The lowest BCUT2D eigenvalue weighted by Gasteiger charge is -2.51. The number of likely N-dealkylation sites (tertiary alicyclic amines) is 2. The van der Waals surface area contributed by atoms with Crippen LogP contribution in [0.3, 0.4) is 0 Å². The van der Waals surface area contributed by atoms with Gasteiger partial charge in [0.1, 0.15) is 0 Å². The van der Waals surface area contributed by atoms with Gasteiger partial charge in [0.2, 0.25) is 0 Å². The van der Waals surface area contributed by atoms with Crippen molar-refractivity contribution in [1.82, 2.24) is 9.80 Å². The molecule has 0 aliphatic carbocycles. The molecule has 0 radical (unpaired) electrons. The van der Waals surface area contributed by atoms with Crippen molar-refractivity contribution in [3.05, 3.63) is 0 Å². The monoisotopic (exact) mass is 210 g/mol. The third-order valence-electron chi connectivity index (χ3n) is 4.03. The molecule has 0 bridgehead atoms. The van der Waals surface area contributed by atoms with Crippen molar-refractivity contribution in [2.75, 3.05) is 32.7 Å². The first-order valence-electron chi connectivity index (χ1n) is 6.46. The Morgan fingerprint density at radius 1 is 1.00 bits per heavy atom. The van der Waals surface area contributed by atoms with Gasteiger partial charge in [0, 0.05) is 38.3 Å². The summed E-state index contributed by atoms with van der Waals surface area (Å²) in [4.78, 5) is 5.23. The topological polar surface area (TPSA) is 6.48 Å². The molecule has 2 nitrogen and oxygen atoms in total. The van der Waals surface area contributed by atoms with Crippen LogP contribution in [-0.2, 0) is 0 Å². The first kappa shape index (κ1) is 11.4. The second-order valence-electron chi connectivity index (χ2n) is 6.43. The van der Waals surface area contributed by atoms with Crippen molar-refractivity contribution in [1.29, 1.82) is 0 Å². The van der Waals surface area contributed by atoms with Crippen molar-refractivity contribution >= 4 is 0 Å². The Morgan fingerprint density at radius 2 is 1.60 bits per heavy atom. The van der Waals surface area contributed by atoms with E-state index in [1.807, 2.05) is 0 Å². The first-order valence-corrected chi connectivity index (χ1v) is 6.46. The van der Waals surface area contributed by atoms with Crippen LogP contribution >= 0.6 is 0 Å². The molecule has 0 spiro atoms. The molecule has 2 heteroatoms. The van der Waals surface area contributed by atoms with Gasteiger partial charge in [-0.3, -0.25) is 4.90 Å². The Morgan fingerprint density at radius 3 is 2.07 bits per heavy atom. The standard InChI is InChI=1S/C13H26N2/c1-5-11-6-14(7-11)8-12-9-15(10-12)13(2,3)4/h11-12H,5-10H2,1-4H3. The highest BCUT2D eigenvalue weighted by atomic mass is 15.3. The van der Waals surface area contributed by atoms with Crippen molar-refractivity contribution in [3.63, 3.8) is 0 Å². The van der Waals surface area contributed by atoms with Crippen LogP contribution in [0.2, 0.25) is 0 Å². The fraction of sp³-hybridized carbons (Fsp3) is 1.00. The molecule has 88 valence electrons. The summed E-state index contributed by atoms with van der Waals surface area (Å²) >= 11 is 0. The highest BCUT2D eigenvalue weighted by Gasteiger charge is 2.36. The van der Waals surface area contributed by atoms with Crippen LogP contribution in [0.5, 0.6) is 0 Å². The van der Waals surface area contributed by atoms with E-state index in [1.165, 1.54) is 39.1 Å². The summed E-state index contributed by atoms with van der Waals surface area (Å²) in [6.45, 7) is 16.0. The first-order chi connectivity index (χ1) is 6.99. The molecule has 0 atom stereocenters. The predicted octanol–water partition coefficient (Wildman–Crippen LogP) is 2.06. The molecule has 0 aromatic rings. The zero-order chi connectivity index (χ0) is 11.1. The molecule has 2 heterocycles. The lowest BCUT2D eigenvalue weighted by molar-refractivity contribution is -0.0223. The van der Waals surface area contributed by atoms with E-state index in [-0.39, 0.29) is 0 Å². The van der Waals surface area contributed by atoms with Crippen LogP contribution in [-0.4, -0.2) is 48.1 Å². The van der Waals surface area contributed by atoms with Crippen LogP contribution in [0.15, 0.2) is 0 Å². The average molecular weight is 210 g/mol. The van der Waals surface area contributed by atoms with E-state index >= 15 is 0 Å². The van der Waals surface area contributed by atoms with Crippen LogP contribution < -0.4 is 0 Å². The van der Waals surface area contributed by atoms with Crippen LogP contribution in [0.25, 0.3) is 0 Å². The van der Waals surface area contributed by atoms with Gasteiger partial charge in [0.25, 0.3) is 0 Å². The normalized spacial score (nSPS) is 26.4. The predicted molar refractivity (Wildman–Crippen MR) is 65.0 cm³/mol. The lowest BCUT2D eigenvalue weighted by atomic mass is 9.89. The van der Waals surface area contributed by atoms with Gasteiger partial charge in [-0.25, -0.2) is 0 Å². The zero-order valence-electron chi connectivity index (χ0n) is 10.8. The Balaban J connectivity index is 1.61. The molecule has 0 aromatic carbocycles. The van der Waals surface area contributed by atoms with E-state index in [4.69, 9.17) is 0 Å². The van der Waals surface area contributed by atoms with Gasteiger partial charge >= 0.3 is 0 Å². The van der Waals surface area contributed by atoms with E-state index in [1.54, 1.807) is 0 Å². The van der Waals surface area contributed by atoms with Crippen LogP contribution in [0, 0.1) is 11.8 Å². The molecule has 2 saturated heterocycles. The average Bonchev–Trinajstić information content (AvgIpc) is 1.95. The minimum absolute atomic E-state index is 0.386. The van der Waals surface area contributed by atoms with Crippen molar-refractivity contribution < 1.29 is 0 Å². The fourth-order valence-electron chi connectivity index (χ4n) is 2.68. The van der Waals surface area contributed by atoms with Crippen molar-refractivity contribution in [3.8, 4) is 0 Å². The Hall–Kier alpha value is -0.0800. The molecule has 2 aliphatic rings. The van der Waals surface area contributed by atoms with Gasteiger partial charge in [-0.2, -0.15) is 0 Å². The minimum atomic E-state index is 0.386. The van der Waals surface area contributed by atoms with Gasteiger partial charge in [0.15, 0.2) is 0 Å². The Kier molecular flexibility index (Phi) is 3.09. The smallest absolute Gasteiger partial charge is 0.0125 e. The zero-order valence-corrected chi connectivity index (χ0v) is 10.8. The molecule has 0 aromatic heterocycles. The van der Waals surface area contributed by atoms with Gasteiger partial charge in [-0.15, -0.1) is 0 Å². The van der Waals surface area contributed by atoms with Gasteiger partial charge in [0.05, 0.1) is 0 Å². The van der Waals surface area contributed by atoms with Crippen molar-refractivity contribution in [2.45, 2.75) is 39.7 Å². The largest absolute Gasteiger partial charge is 0.302 e. The summed E-state index contributed by atoms with van der Waals surface area (Å²) in [6, 6.07) is 0. The summed E-state index contributed by atoms with van der Waals surface area (Å²) in [6.07, 6.45) is 1.37. The number of nitrogens with zero attached hydrogens (tertiary/aromatic N) is 2. The molecular formula is C13H26N2. The minimum Gasteiger partial charge on any atom is -0.302 e. The molecule has 2 rings (SSSR count). The third-order valence-corrected chi connectivity index (χ3v) is 4.03. The van der Waals surface area contributed by atoms with Gasteiger partial charge in [-0.05, 0) is 32.6 Å². The second-order valence-corrected chi connectivity index (χ2v) is 6.43. The van der Waals surface area contributed by atoms with E-state index in [0.29, 0.717) is 5.54 Å². The maximum atomic E-state index is 2.64. The lowest BCUT2D eigenvalue weighted by Crippen LogP contribution is -2.60. The van der Waals surface area contributed by atoms with Crippen LogP contribution in [0.1, 0.15) is 34.1 Å². The highest BCUT2D eigenvalue weighted by Crippen LogP contribution is 2.28. The number of rotatable bonds is 3. The van der Waals surface area contributed by atoms with E-state index in [9.17, 15) is 0 Å². The molecule has 0 unspecified atom stereocenters.